The first kappa shape index (κ1) is 38.1. The summed E-state index contributed by atoms with van der Waals surface area (Å²) in [7, 11) is 1.40. The summed E-state index contributed by atoms with van der Waals surface area (Å²) in [5, 5.41) is 36.8. The molecule has 3 heterocycles. The molecule has 2 unspecified atom stereocenters. The van der Waals surface area contributed by atoms with Crippen LogP contribution in [-0.2, 0) is 33.3 Å². The average molecular weight is 740 g/mol. The molecule has 5 aliphatic rings. The highest BCUT2D eigenvalue weighted by atomic mass is 16.7. The highest BCUT2D eigenvalue weighted by Gasteiger charge is 2.62. The molecule has 11 atom stereocenters. The molecule has 1 aromatic rings. The summed E-state index contributed by atoms with van der Waals surface area (Å²) in [5.74, 6) is -11.4. The smallest absolute Gasteiger partial charge is 0.312 e. The second-order valence-electron chi connectivity index (χ2n) is 15.6. The number of carbonyl (C=O) groups is 6. The lowest BCUT2D eigenvalue weighted by Gasteiger charge is -2.38. The predicted molar refractivity (Wildman–Crippen MR) is 181 cm³/mol. The summed E-state index contributed by atoms with van der Waals surface area (Å²) < 4.78 is 29.2. The van der Waals surface area contributed by atoms with Crippen molar-refractivity contribution in [3.8, 4) is 11.5 Å². The maximum Gasteiger partial charge on any atom is 0.312 e. The van der Waals surface area contributed by atoms with E-state index in [4.69, 9.17) is 23.7 Å². The second-order valence-corrected chi connectivity index (χ2v) is 15.6. The normalized spacial score (nSPS) is 38.9. The number of phenolic OH excluding ortho intramolecular Hbond substituents is 1. The van der Waals surface area contributed by atoms with Crippen molar-refractivity contribution in [2.24, 2.45) is 29.1 Å². The van der Waals surface area contributed by atoms with Gasteiger partial charge in [-0.05, 0) is 26.3 Å². The first-order chi connectivity index (χ1) is 24.6. The minimum Gasteiger partial charge on any atom is -0.507 e. The number of benzene rings is 1. The van der Waals surface area contributed by atoms with Crippen LogP contribution in [-0.4, -0.2) is 93.2 Å². The number of aliphatic hydroxyl groups is 2. The molecule has 0 saturated heterocycles. The minimum absolute atomic E-state index is 0.0401. The van der Waals surface area contributed by atoms with Crippen molar-refractivity contribution in [2.45, 2.75) is 104 Å². The third-order valence-corrected chi connectivity index (χ3v) is 11.9. The highest BCUT2D eigenvalue weighted by Crippen LogP contribution is 2.58. The first-order valence-corrected chi connectivity index (χ1v) is 17.5. The van der Waals surface area contributed by atoms with Crippen molar-refractivity contribution in [1.82, 2.24) is 5.32 Å². The van der Waals surface area contributed by atoms with Crippen LogP contribution in [0, 0.1) is 36.0 Å². The molecule has 6 rings (SSSR count). The number of hydrogen-bond donors (Lipinski definition) is 4. The molecule has 0 radical (unpaired) electrons. The van der Waals surface area contributed by atoms with Gasteiger partial charge < -0.3 is 44.3 Å². The van der Waals surface area contributed by atoms with E-state index in [1.807, 2.05) is 0 Å². The fourth-order valence-electron chi connectivity index (χ4n) is 8.37. The number of hydrogen-bond acceptors (Lipinski definition) is 14. The van der Waals surface area contributed by atoms with Gasteiger partial charge in [-0.2, -0.15) is 0 Å². The van der Waals surface area contributed by atoms with Crippen molar-refractivity contribution in [1.29, 1.82) is 0 Å². The van der Waals surface area contributed by atoms with Crippen molar-refractivity contribution < 1.29 is 67.8 Å². The van der Waals surface area contributed by atoms with Crippen LogP contribution in [0.25, 0.3) is 0 Å². The number of aromatic hydroxyl groups is 1. The van der Waals surface area contributed by atoms with E-state index in [-0.39, 0.29) is 23.3 Å². The molecule has 1 saturated carbocycles. The molecule has 1 amide bonds. The van der Waals surface area contributed by atoms with E-state index < -0.39 is 135 Å². The van der Waals surface area contributed by atoms with Gasteiger partial charge in [0.05, 0.1) is 47.7 Å². The number of esters is 1. The third-order valence-electron chi connectivity index (χ3n) is 11.9. The molecule has 286 valence electrons. The predicted octanol–water partition coefficient (Wildman–Crippen LogP) is 2.59. The SMILES string of the molecule is CO[C@H]1/C=C\O[C@@]2(C)Oc3c(C)c(O)c4c(c3C2=O)C(=O)C2=C(NC(=O)C(C)(CC(=O)C3C[C@@]3(C)[C@H](O)[C@@H](C)[C@@H](O)[C@@H](C)[C@H](OC(C)=O)[C@@H]1C)O2)C4=O. The molecule has 53 heavy (non-hydrogen) atoms. The van der Waals surface area contributed by atoms with Gasteiger partial charge in [0, 0.05) is 55.6 Å². The van der Waals surface area contributed by atoms with Gasteiger partial charge in [0.15, 0.2) is 11.4 Å². The van der Waals surface area contributed by atoms with E-state index in [0.717, 1.165) is 6.26 Å². The molecule has 1 aromatic carbocycles. The van der Waals surface area contributed by atoms with Gasteiger partial charge in [-0.25, -0.2) is 0 Å². The summed E-state index contributed by atoms with van der Waals surface area (Å²) in [5.41, 5.74) is -4.96. The molecular formula is C38H45NO14. The fraction of sp³-hybridized carbons (Fsp3) is 0.579. The van der Waals surface area contributed by atoms with Crippen LogP contribution < -0.4 is 10.1 Å². The Morgan fingerprint density at radius 1 is 0.943 bits per heavy atom. The van der Waals surface area contributed by atoms with Crippen molar-refractivity contribution in [3.63, 3.8) is 0 Å². The lowest BCUT2D eigenvalue weighted by atomic mass is 9.76. The zero-order valence-electron chi connectivity index (χ0n) is 31.0. The number of methoxy groups -OCH3 is 1. The Morgan fingerprint density at radius 3 is 2.23 bits per heavy atom. The number of phenols is 1. The van der Waals surface area contributed by atoms with E-state index in [2.05, 4.69) is 5.32 Å². The number of ether oxygens (including phenoxy) is 5. The molecule has 15 heteroatoms. The number of carbonyl (C=O) groups excluding carboxylic acids is 6. The van der Waals surface area contributed by atoms with Crippen molar-refractivity contribution in [3.05, 3.63) is 46.0 Å². The van der Waals surface area contributed by atoms with Crippen LogP contribution in [0.1, 0.15) is 97.9 Å². The van der Waals surface area contributed by atoms with E-state index in [0.29, 0.717) is 0 Å². The summed E-state index contributed by atoms with van der Waals surface area (Å²) in [6, 6.07) is 0. The molecule has 5 bridgehead atoms. The highest BCUT2D eigenvalue weighted by molar-refractivity contribution is 6.32. The number of ketones is 4. The number of rotatable bonds is 2. The van der Waals surface area contributed by atoms with Gasteiger partial charge in [-0.3, -0.25) is 28.8 Å². The average Bonchev–Trinajstić information content (AvgIpc) is 3.74. The Kier molecular flexibility index (Phi) is 9.19. The van der Waals surface area contributed by atoms with E-state index in [1.54, 1.807) is 27.7 Å². The monoisotopic (exact) mass is 739 g/mol. The molecule has 0 aromatic heterocycles. The maximum atomic E-state index is 14.2. The number of aliphatic hydroxyl groups excluding tert-OH is 2. The van der Waals surface area contributed by atoms with Crippen molar-refractivity contribution in [2.75, 3.05) is 7.11 Å². The molecule has 15 nitrogen and oxygen atoms in total. The van der Waals surface area contributed by atoms with Crippen molar-refractivity contribution >= 4 is 35.0 Å². The Balaban J connectivity index is 1.47. The molecule has 0 spiro atoms. The van der Waals surface area contributed by atoms with Crippen LogP contribution in [0.15, 0.2) is 23.8 Å². The van der Waals surface area contributed by atoms with Crippen LogP contribution in [0.4, 0.5) is 0 Å². The lowest BCUT2D eigenvalue weighted by molar-refractivity contribution is -0.161. The summed E-state index contributed by atoms with van der Waals surface area (Å²) in [4.78, 5) is 81.8. The Hall–Kier alpha value is -4.60. The molecule has 2 aliphatic carbocycles. The van der Waals surface area contributed by atoms with Crippen LogP contribution in [0.5, 0.6) is 11.5 Å². The second kappa shape index (κ2) is 12.8. The number of Topliss-reactive ketones (excluding diaryl/α,β-unsaturated/α-hetero) is 4. The quantitative estimate of drug-likeness (QED) is 0.321. The van der Waals surface area contributed by atoms with E-state index in [1.165, 1.54) is 40.9 Å². The van der Waals surface area contributed by atoms with E-state index in [9.17, 15) is 44.1 Å². The zero-order chi connectivity index (χ0) is 39.3. The third kappa shape index (κ3) is 5.75. The fourth-order valence-corrected chi connectivity index (χ4v) is 8.37. The summed E-state index contributed by atoms with van der Waals surface area (Å²) in [6.45, 7) is 11.9. The van der Waals surface area contributed by atoms with E-state index >= 15 is 0 Å². The molecule has 1 fully saturated rings. The molecule has 3 aliphatic heterocycles. The van der Waals surface area contributed by atoms with Gasteiger partial charge in [-0.1, -0.05) is 27.7 Å². The van der Waals surface area contributed by atoms with Gasteiger partial charge >= 0.3 is 11.8 Å². The van der Waals surface area contributed by atoms with Gasteiger partial charge in [-0.15, -0.1) is 0 Å². The number of fused-ring (bicyclic) bond motifs is 3. The Labute approximate surface area is 305 Å². The van der Waals surface area contributed by atoms with Gasteiger partial charge in [0.2, 0.25) is 11.6 Å². The zero-order valence-corrected chi connectivity index (χ0v) is 31.0. The largest absolute Gasteiger partial charge is 0.507 e. The lowest BCUT2D eigenvalue weighted by Crippen LogP contribution is -2.54. The van der Waals surface area contributed by atoms with Crippen LogP contribution in [0.2, 0.25) is 0 Å². The Morgan fingerprint density at radius 2 is 1.60 bits per heavy atom. The number of nitrogens with one attached hydrogen (secondary N) is 1. The molecular weight excluding hydrogens is 694 g/mol. The first-order valence-electron chi connectivity index (χ1n) is 17.5. The van der Waals surface area contributed by atoms with Crippen LogP contribution in [0.3, 0.4) is 0 Å². The number of allylic oxidation sites excluding steroid dienone is 2. The summed E-state index contributed by atoms with van der Waals surface area (Å²) in [6.07, 6.45) is -1.95. The van der Waals surface area contributed by atoms with Crippen LogP contribution >= 0.6 is 0 Å². The minimum atomic E-state index is -2.11. The standard InChI is InChI=1S/C38H45NO14/c1-14-21(49-9)10-11-50-38(8)34(47)24-22-23(27(43)16(3)31(24)53-38)28(44)25-32(29(22)45)52-37(7,35(48)39-25)13-20(41)19-12-36(19,6)33(46)17(4)26(42)15(2)30(14)51-18(5)40/h10-11,14-15,17,19,21,26,30,33,42-43,46H,12-13H2,1-9H3,(H,39,48)/b11-10-/t14-,15-,17+,19?,21+,26+,30-,33-,36-,37?,38+/m1/s1. The molecule has 4 N–H and O–H groups in total. The van der Waals surface area contributed by atoms with Gasteiger partial charge in [0.25, 0.3) is 11.7 Å². The topological polar surface area (TPSA) is 221 Å². The van der Waals surface area contributed by atoms with Gasteiger partial charge in [0.1, 0.15) is 29.1 Å². The Bertz CT molecular complexity index is 1920. The maximum absolute atomic E-state index is 14.2. The summed E-state index contributed by atoms with van der Waals surface area (Å²) >= 11 is 0. The number of amides is 1.